The van der Waals surface area contributed by atoms with Gasteiger partial charge < -0.3 is 10.1 Å². The number of hydrogen-bond acceptors (Lipinski definition) is 4. The summed E-state index contributed by atoms with van der Waals surface area (Å²) in [4.78, 5) is 21.2. The third-order valence-electron chi connectivity index (χ3n) is 0.975. The first kappa shape index (κ1) is 10.8. The van der Waals surface area contributed by atoms with Crippen molar-refractivity contribution in [1.82, 2.24) is 10.6 Å². The number of amides is 2. The number of rotatable bonds is 1. The number of alkyl carbamates (subject to hydrolysis) is 1. The van der Waals surface area contributed by atoms with Gasteiger partial charge in [0.25, 0.3) is 0 Å². The summed E-state index contributed by atoms with van der Waals surface area (Å²) in [5.41, 5.74) is 0. The molecule has 0 atom stereocenters. The number of methoxy groups -OCH3 is 1. The van der Waals surface area contributed by atoms with E-state index in [0.29, 0.717) is 6.42 Å². The first-order chi connectivity index (χ1) is 5.60. The van der Waals surface area contributed by atoms with Crippen molar-refractivity contribution in [3.05, 3.63) is 0 Å². The largest absolute Gasteiger partial charge is 0.453 e. The Morgan fingerprint density at radius 1 is 1.42 bits per heavy atom. The lowest BCUT2D eigenvalue weighted by atomic mass is 10.5. The quantitative estimate of drug-likeness (QED) is 0.578. The van der Waals surface area contributed by atoms with Crippen LogP contribution in [0.4, 0.5) is 4.79 Å². The van der Waals surface area contributed by atoms with Gasteiger partial charge in [-0.3, -0.25) is 10.1 Å². The third-order valence-corrected chi connectivity index (χ3v) is 1.18. The van der Waals surface area contributed by atoms with Gasteiger partial charge in [-0.15, -0.1) is 0 Å². The van der Waals surface area contributed by atoms with Crippen molar-refractivity contribution in [2.24, 2.45) is 0 Å². The predicted octanol–water partition coefficient (Wildman–Crippen LogP) is 0.153. The number of hydrogen-bond donors (Lipinski definition) is 2. The van der Waals surface area contributed by atoms with E-state index in [-0.39, 0.29) is 11.0 Å². The molecule has 0 aliphatic carbocycles. The van der Waals surface area contributed by atoms with Crippen molar-refractivity contribution >= 4 is 29.3 Å². The van der Waals surface area contributed by atoms with Gasteiger partial charge in [-0.25, -0.2) is 4.79 Å². The zero-order valence-corrected chi connectivity index (χ0v) is 7.66. The lowest BCUT2D eigenvalue weighted by Crippen LogP contribution is -2.41. The molecule has 0 bridgehead atoms. The van der Waals surface area contributed by atoms with Crippen molar-refractivity contribution < 1.29 is 14.3 Å². The Balaban J connectivity index is 3.74. The van der Waals surface area contributed by atoms with Gasteiger partial charge in [0, 0.05) is 6.42 Å². The molecule has 2 amide bonds. The molecule has 5 nitrogen and oxygen atoms in total. The summed E-state index contributed by atoms with van der Waals surface area (Å²) in [7, 11) is 1.21. The minimum absolute atomic E-state index is 0.0475. The van der Waals surface area contributed by atoms with Crippen molar-refractivity contribution in [3.8, 4) is 0 Å². The number of ether oxygens (including phenoxy) is 1. The average Bonchev–Trinajstić information content (AvgIpc) is 2.03. The summed E-state index contributed by atoms with van der Waals surface area (Å²) in [5.74, 6) is -0.253. The highest BCUT2D eigenvalue weighted by Crippen LogP contribution is 1.77. The molecule has 0 saturated heterocycles. The van der Waals surface area contributed by atoms with E-state index < -0.39 is 6.09 Å². The molecular formula is C6H10N2O3S. The maximum atomic E-state index is 10.7. The Kier molecular flexibility index (Phi) is 4.94. The number of carbonyl (C=O) groups excluding carboxylic acids is 2. The van der Waals surface area contributed by atoms with E-state index in [4.69, 9.17) is 0 Å². The molecule has 0 aromatic heterocycles. The molecule has 68 valence electrons. The average molecular weight is 190 g/mol. The van der Waals surface area contributed by atoms with Crippen molar-refractivity contribution in [1.29, 1.82) is 0 Å². The molecule has 0 saturated carbocycles. The Morgan fingerprint density at radius 3 is 2.42 bits per heavy atom. The zero-order chi connectivity index (χ0) is 9.56. The maximum Gasteiger partial charge on any atom is 0.413 e. The van der Waals surface area contributed by atoms with E-state index in [9.17, 15) is 9.59 Å². The van der Waals surface area contributed by atoms with Gasteiger partial charge >= 0.3 is 6.09 Å². The molecule has 0 aromatic carbocycles. The van der Waals surface area contributed by atoms with Gasteiger partial charge in [-0.05, 0) is 12.2 Å². The predicted molar refractivity (Wildman–Crippen MR) is 46.6 cm³/mol. The molecule has 0 radical (unpaired) electrons. The summed E-state index contributed by atoms with van der Waals surface area (Å²) in [6.07, 6.45) is -0.389. The Bertz CT molecular complexity index is 185. The van der Waals surface area contributed by atoms with Crippen LogP contribution >= 0.6 is 12.2 Å². The van der Waals surface area contributed by atoms with Crippen LogP contribution in [0, 0.1) is 0 Å². The summed E-state index contributed by atoms with van der Waals surface area (Å²) < 4.78 is 4.25. The molecule has 0 heterocycles. The van der Waals surface area contributed by atoms with Crippen LogP contribution in [0.15, 0.2) is 0 Å². The fourth-order valence-corrected chi connectivity index (χ4v) is 0.587. The number of nitrogens with one attached hydrogen (secondary N) is 2. The van der Waals surface area contributed by atoms with E-state index in [1.165, 1.54) is 7.11 Å². The molecule has 0 rings (SSSR count). The van der Waals surface area contributed by atoms with Crippen LogP contribution in [-0.2, 0) is 9.53 Å². The standard InChI is InChI=1S/C6H10N2O3S/c1-3-4(9)7-5(12)8-6(10)11-2/h3H2,1-2H3,(H2,7,8,9,10,12). The van der Waals surface area contributed by atoms with E-state index >= 15 is 0 Å². The second-order valence-corrected chi connectivity index (χ2v) is 2.26. The highest BCUT2D eigenvalue weighted by Gasteiger charge is 2.04. The van der Waals surface area contributed by atoms with E-state index in [1.807, 2.05) is 0 Å². The molecule has 0 aliphatic heterocycles. The van der Waals surface area contributed by atoms with Gasteiger partial charge in [-0.1, -0.05) is 6.92 Å². The second kappa shape index (κ2) is 5.48. The molecule has 0 aromatic rings. The van der Waals surface area contributed by atoms with Gasteiger partial charge in [-0.2, -0.15) is 0 Å². The van der Waals surface area contributed by atoms with Gasteiger partial charge in [0.15, 0.2) is 5.11 Å². The molecule has 0 aliphatic rings. The highest BCUT2D eigenvalue weighted by atomic mass is 32.1. The first-order valence-corrected chi connectivity index (χ1v) is 3.69. The van der Waals surface area contributed by atoms with Crippen LogP contribution in [0.25, 0.3) is 0 Å². The van der Waals surface area contributed by atoms with Crippen LogP contribution in [0.5, 0.6) is 0 Å². The second-order valence-electron chi connectivity index (χ2n) is 1.85. The van der Waals surface area contributed by atoms with Crippen LogP contribution in [0.2, 0.25) is 0 Å². The van der Waals surface area contributed by atoms with E-state index in [0.717, 1.165) is 0 Å². The fraction of sp³-hybridized carbons (Fsp3) is 0.500. The zero-order valence-electron chi connectivity index (χ0n) is 6.84. The van der Waals surface area contributed by atoms with Crippen LogP contribution in [0.1, 0.15) is 13.3 Å². The molecule has 2 N–H and O–H groups in total. The summed E-state index contributed by atoms with van der Waals surface area (Å²) in [6.45, 7) is 1.68. The lowest BCUT2D eigenvalue weighted by Gasteiger charge is -2.05. The van der Waals surface area contributed by atoms with Gasteiger partial charge in [0.1, 0.15) is 0 Å². The minimum atomic E-state index is -0.698. The van der Waals surface area contributed by atoms with Gasteiger partial charge in [0.2, 0.25) is 5.91 Å². The smallest absolute Gasteiger partial charge is 0.413 e. The van der Waals surface area contributed by atoms with Gasteiger partial charge in [0.05, 0.1) is 7.11 Å². The normalized spacial score (nSPS) is 8.50. The van der Waals surface area contributed by atoms with E-state index in [1.54, 1.807) is 6.92 Å². The van der Waals surface area contributed by atoms with Crippen molar-refractivity contribution in [2.45, 2.75) is 13.3 Å². The molecular weight excluding hydrogens is 180 g/mol. The van der Waals surface area contributed by atoms with Crippen LogP contribution in [-0.4, -0.2) is 24.2 Å². The van der Waals surface area contributed by atoms with Crippen molar-refractivity contribution in [3.63, 3.8) is 0 Å². The minimum Gasteiger partial charge on any atom is -0.453 e. The Morgan fingerprint density at radius 2 is 2.00 bits per heavy atom. The molecule has 0 fully saturated rings. The Hall–Kier alpha value is -1.17. The first-order valence-electron chi connectivity index (χ1n) is 3.29. The maximum absolute atomic E-state index is 10.7. The number of carbonyl (C=O) groups is 2. The highest BCUT2D eigenvalue weighted by molar-refractivity contribution is 7.80. The summed E-state index contributed by atoms with van der Waals surface area (Å²) in [5, 5.41) is 4.36. The topological polar surface area (TPSA) is 67.4 Å². The third kappa shape index (κ3) is 4.62. The van der Waals surface area contributed by atoms with E-state index in [2.05, 4.69) is 27.6 Å². The monoisotopic (exact) mass is 190 g/mol. The summed E-state index contributed by atoms with van der Waals surface area (Å²) >= 11 is 4.60. The molecule has 6 heteroatoms. The molecule has 12 heavy (non-hydrogen) atoms. The Labute approximate surface area is 75.5 Å². The van der Waals surface area contributed by atoms with Crippen LogP contribution in [0.3, 0.4) is 0 Å². The fourth-order valence-electron chi connectivity index (χ4n) is 0.390. The van der Waals surface area contributed by atoms with Crippen molar-refractivity contribution in [2.75, 3.05) is 7.11 Å². The SMILES string of the molecule is CCC(=O)NC(=S)NC(=O)OC. The summed E-state index contributed by atoms with van der Waals surface area (Å²) in [6, 6.07) is 0. The van der Waals surface area contributed by atoms with Crippen LogP contribution < -0.4 is 10.6 Å². The molecule has 0 unspecified atom stereocenters. The lowest BCUT2D eigenvalue weighted by molar-refractivity contribution is -0.119. The number of thiocarbonyl (C=S) groups is 1. The molecule has 0 spiro atoms.